The Balaban J connectivity index is 1.95. The summed E-state index contributed by atoms with van der Waals surface area (Å²) in [5.74, 6) is 0.658. The summed E-state index contributed by atoms with van der Waals surface area (Å²) in [6.45, 7) is 4.68. The molecule has 3 aromatic rings. The van der Waals surface area contributed by atoms with Crippen molar-refractivity contribution in [3.8, 4) is 17.0 Å². The zero-order valence-corrected chi connectivity index (χ0v) is 14.8. The van der Waals surface area contributed by atoms with E-state index in [2.05, 4.69) is 11.9 Å². The molecule has 2 aromatic heterocycles. The molecule has 0 atom stereocenters. The number of nitrogens with zero attached hydrogens (tertiary/aromatic N) is 3. The molecule has 1 aliphatic rings. The summed E-state index contributed by atoms with van der Waals surface area (Å²) >= 11 is 1.58. The number of thiazole rings is 1. The molecule has 0 saturated carbocycles. The SMILES string of the molecule is CCc1sc2ncc(C=O)n2c1-c1ccc2c(c1)N(CC)C(=O)CO2. The van der Waals surface area contributed by atoms with Gasteiger partial charge in [0, 0.05) is 17.0 Å². The summed E-state index contributed by atoms with van der Waals surface area (Å²) in [7, 11) is 0. The number of aromatic nitrogens is 2. The molecule has 0 spiro atoms. The van der Waals surface area contributed by atoms with Crippen LogP contribution < -0.4 is 9.64 Å². The van der Waals surface area contributed by atoms with Gasteiger partial charge in [-0.3, -0.25) is 14.0 Å². The molecular formula is C18H17N3O3S. The van der Waals surface area contributed by atoms with Crippen LogP contribution in [0.3, 0.4) is 0 Å². The van der Waals surface area contributed by atoms with Crippen molar-refractivity contribution >= 4 is 34.2 Å². The van der Waals surface area contributed by atoms with Crippen LogP contribution in [0, 0.1) is 0 Å². The smallest absolute Gasteiger partial charge is 0.265 e. The number of ether oxygens (including phenoxy) is 1. The lowest BCUT2D eigenvalue weighted by Crippen LogP contribution is -2.38. The Morgan fingerprint density at radius 3 is 2.92 bits per heavy atom. The highest BCUT2D eigenvalue weighted by molar-refractivity contribution is 7.17. The highest BCUT2D eigenvalue weighted by Gasteiger charge is 2.26. The first-order valence-electron chi connectivity index (χ1n) is 8.19. The van der Waals surface area contributed by atoms with Gasteiger partial charge in [0.25, 0.3) is 5.91 Å². The fraction of sp³-hybridized carbons (Fsp3) is 0.278. The van der Waals surface area contributed by atoms with Crippen molar-refractivity contribution in [1.29, 1.82) is 0 Å². The summed E-state index contributed by atoms with van der Waals surface area (Å²) < 4.78 is 7.44. The molecule has 0 N–H and O–H groups in total. The molecule has 7 heteroatoms. The Labute approximate surface area is 148 Å². The van der Waals surface area contributed by atoms with Crippen LogP contribution in [0.1, 0.15) is 29.2 Å². The molecule has 25 heavy (non-hydrogen) atoms. The molecule has 0 aliphatic carbocycles. The van der Waals surface area contributed by atoms with Gasteiger partial charge >= 0.3 is 0 Å². The lowest BCUT2D eigenvalue weighted by molar-refractivity contribution is -0.121. The number of rotatable bonds is 4. The number of carbonyl (C=O) groups excluding carboxylic acids is 2. The van der Waals surface area contributed by atoms with Gasteiger partial charge < -0.3 is 9.64 Å². The summed E-state index contributed by atoms with van der Waals surface area (Å²) in [5, 5.41) is 0. The summed E-state index contributed by atoms with van der Waals surface area (Å²) in [4.78, 5) is 31.5. The lowest BCUT2D eigenvalue weighted by Gasteiger charge is -2.28. The number of aryl methyl sites for hydroxylation is 1. The first-order valence-corrected chi connectivity index (χ1v) is 9.01. The molecule has 1 aromatic carbocycles. The van der Waals surface area contributed by atoms with E-state index in [4.69, 9.17) is 4.74 Å². The molecule has 0 bridgehead atoms. The Morgan fingerprint density at radius 1 is 1.36 bits per heavy atom. The largest absolute Gasteiger partial charge is 0.482 e. The molecule has 0 radical (unpaired) electrons. The monoisotopic (exact) mass is 355 g/mol. The van der Waals surface area contributed by atoms with Crippen molar-refractivity contribution < 1.29 is 14.3 Å². The van der Waals surface area contributed by atoms with Crippen LogP contribution in [0.4, 0.5) is 5.69 Å². The van der Waals surface area contributed by atoms with E-state index in [9.17, 15) is 9.59 Å². The standard InChI is InChI=1S/C18H17N3O3S/c1-3-15-17(21-12(9-22)8-19-18(21)25-15)11-5-6-14-13(7-11)20(4-2)16(23)10-24-14/h5-9H,3-4,10H2,1-2H3. The molecule has 128 valence electrons. The number of aldehydes is 1. The fourth-order valence-corrected chi connectivity index (χ4v) is 4.30. The molecule has 0 saturated heterocycles. The topological polar surface area (TPSA) is 63.9 Å². The fourth-order valence-electron chi connectivity index (χ4n) is 3.24. The molecule has 4 rings (SSSR count). The zero-order valence-electron chi connectivity index (χ0n) is 14.0. The summed E-state index contributed by atoms with van der Waals surface area (Å²) in [6.07, 6.45) is 3.25. The van der Waals surface area contributed by atoms with Crippen molar-refractivity contribution in [3.05, 3.63) is 35.0 Å². The van der Waals surface area contributed by atoms with Crippen LogP contribution in [0.25, 0.3) is 16.2 Å². The van der Waals surface area contributed by atoms with Crippen LogP contribution in [0.2, 0.25) is 0 Å². The van der Waals surface area contributed by atoms with Gasteiger partial charge in [-0.2, -0.15) is 0 Å². The third-order valence-electron chi connectivity index (χ3n) is 4.39. The van der Waals surface area contributed by atoms with Crippen LogP contribution in [-0.4, -0.2) is 34.7 Å². The van der Waals surface area contributed by atoms with E-state index >= 15 is 0 Å². The van der Waals surface area contributed by atoms with E-state index in [1.165, 1.54) is 0 Å². The van der Waals surface area contributed by atoms with Gasteiger partial charge in [-0.25, -0.2) is 4.98 Å². The lowest BCUT2D eigenvalue weighted by atomic mass is 10.1. The number of hydrogen-bond donors (Lipinski definition) is 0. The Morgan fingerprint density at radius 2 is 2.20 bits per heavy atom. The Hall–Kier alpha value is -2.67. The molecular weight excluding hydrogens is 338 g/mol. The number of anilines is 1. The highest BCUT2D eigenvalue weighted by atomic mass is 32.1. The second-order valence-corrected chi connectivity index (χ2v) is 6.82. The number of fused-ring (bicyclic) bond motifs is 2. The summed E-state index contributed by atoms with van der Waals surface area (Å²) in [5.41, 5.74) is 3.20. The van der Waals surface area contributed by atoms with Crippen LogP contribution >= 0.6 is 11.3 Å². The third-order valence-corrected chi connectivity index (χ3v) is 5.59. The van der Waals surface area contributed by atoms with Gasteiger partial charge in [0.1, 0.15) is 11.4 Å². The molecule has 0 unspecified atom stereocenters. The van der Waals surface area contributed by atoms with Gasteiger partial charge in [-0.05, 0) is 31.5 Å². The van der Waals surface area contributed by atoms with Crippen LogP contribution in [0.5, 0.6) is 5.75 Å². The average molecular weight is 355 g/mol. The van der Waals surface area contributed by atoms with E-state index in [0.29, 0.717) is 18.0 Å². The van der Waals surface area contributed by atoms with E-state index in [0.717, 1.165) is 39.5 Å². The minimum atomic E-state index is -0.0467. The molecule has 3 heterocycles. The molecule has 1 amide bonds. The minimum absolute atomic E-state index is 0.0467. The van der Waals surface area contributed by atoms with Crippen molar-refractivity contribution in [1.82, 2.24) is 9.38 Å². The normalized spacial score (nSPS) is 13.8. The van der Waals surface area contributed by atoms with E-state index < -0.39 is 0 Å². The number of benzene rings is 1. The quantitative estimate of drug-likeness (QED) is 0.674. The second kappa shape index (κ2) is 6.00. The molecule has 6 nitrogen and oxygen atoms in total. The second-order valence-electron chi connectivity index (χ2n) is 5.76. The predicted molar refractivity (Wildman–Crippen MR) is 96.8 cm³/mol. The first kappa shape index (κ1) is 15.8. The van der Waals surface area contributed by atoms with Gasteiger partial charge in [0.2, 0.25) is 0 Å². The summed E-state index contributed by atoms with van der Waals surface area (Å²) in [6, 6.07) is 5.82. The van der Waals surface area contributed by atoms with Crippen molar-refractivity contribution in [2.45, 2.75) is 20.3 Å². The van der Waals surface area contributed by atoms with Gasteiger partial charge in [-0.15, -0.1) is 11.3 Å². The number of carbonyl (C=O) groups is 2. The number of likely N-dealkylation sites (N-methyl/N-ethyl adjacent to an activating group) is 1. The minimum Gasteiger partial charge on any atom is -0.482 e. The van der Waals surface area contributed by atoms with Gasteiger partial charge in [0.05, 0.1) is 17.6 Å². The zero-order chi connectivity index (χ0) is 17.6. The number of amides is 1. The van der Waals surface area contributed by atoms with Crippen molar-refractivity contribution in [3.63, 3.8) is 0 Å². The highest BCUT2D eigenvalue weighted by Crippen LogP contribution is 2.39. The average Bonchev–Trinajstić information content (AvgIpc) is 3.19. The Kier molecular flexibility index (Phi) is 3.80. The maximum atomic E-state index is 12.1. The van der Waals surface area contributed by atoms with Crippen LogP contribution in [-0.2, 0) is 11.2 Å². The molecule has 1 aliphatic heterocycles. The Bertz CT molecular complexity index is 989. The van der Waals surface area contributed by atoms with Gasteiger partial charge in [-0.1, -0.05) is 6.92 Å². The molecule has 0 fully saturated rings. The van der Waals surface area contributed by atoms with E-state index in [1.807, 2.05) is 29.5 Å². The van der Waals surface area contributed by atoms with Crippen LogP contribution in [0.15, 0.2) is 24.4 Å². The first-order chi connectivity index (χ1) is 12.2. The van der Waals surface area contributed by atoms with Crippen molar-refractivity contribution in [2.24, 2.45) is 0 Å². The third kappa shape index (κ3) is 2.34. The van der Waals surface area contributed by atoms with E-state index in [-0.39, 0.29) is 12.5 Å². The number of hydrogen-bond acceptors (Lipinski definition) is 5. The maximum absolute atomic E-state index is 12.1. The predicted octanol–water partition coefficient (Wildman–Crippen LogP) is 3.18. The van der Waals surface area contributed by atoms with Gasteiger partial charge in [0.15, 0.2) is 17.9 Å². The maximum Gasteiger partial charge on any atom is 0.265 e. The number of imidazole rings is 1. The van der Waals surface area contributed by atoms with Crippen molar-refractivity contribution in [2.75, 3.05) is 18.1 Å². The van der Waals surface area contributed by atoms with E-state index in [1.54, 1.807) is 22.4 Å².